The third-order valence-electron chi connectivity index (χ3n) is 5.55. The van der Waals surface area contributed by atoms with Crippen LogP contribution in [0.25, 0.3) is 0 Å². The highest BCUT2D eigenvalue weighted by molar-refractivity contribution is 7.99. The minimum absolute atomic E-state index is 0.119. The van der Waals surface area contributed by atoms with Gasteiger partial charge in [0.25, 0.3) is 0 Å². The third-order valence-corrected chi connectivity index (χ3v) is 6.56. The first-order chi connectivity index (χ1) is 15.9. The van der Waals surface area contributed by atoms with Gasteiger partial charge in [0.05, 0.1) is 6.10 Å². The number of nitrogens with zero attached hydrogens (tertiary/aromatic N) is 3. The van der Waals surface area contributed by atoms with E-state index in [2.05, 4.69) is 9.97 Å². The monoisotopic (exact) mass is 473 g/mol. The quantitative estimate of drug-likeness (QED) is 0.332. The zero-order valence-corrected chi connectivity index (χ0v) is 19.2. The molecular weight excluding hydrogens is 447 g/mol. The first kappa shape index (κ1) is 23.4. The minimum Gasteiger partial charge on any atom is -0.490 e. The number of hydrogen-bond acceptors (Lipinski definition) is 5. The third kappa shape index (κ3) is 5.99. The summed E-state index contributed by atoms with van der Waals surface area (Å²) in [5.74, 6) is 0.974. The number of rotatable bonds is 7. The molecule has 1 aliphatic carbocycles. The molecule has 0 bridgehead atoms. The zero-order valence-electron chi connectivity index (χ0n) is 18.4. The molecule has 0 unspecified atom stereocenters. The van der Waals surface area contributed by atoms with Crippen LogP contribution in [0, 0.1) is 0 Å². The molecule has 0 aliphatic heterocycles. The highest BCUT2D eigenvalue weighted by atomic mass is 32.2. The van der Waals surface area contributed by atoms with Crippen molar-refractivity contribution in [2.75, 3.05) is 11.4 Å². The molecule has 8 heteroatoms. The van der Waals surface area contributed by atoms with Crippen molar-refractivity contribution in [3.63, 3.8) is 0 Å². The van der Waals surface area contributed by atoms with E-state index in [0.717, 1.165) is 42.2 Å². The molecule has 2 aromatic carbocycles. The van der Waals surface area contributed by atoms with E-state index in [4.69, 9.17) is 4.74 Å². The molecule has 0 amide bonds. The van der Waals surface area contributed by atoms with Gasteiger partial charge in [-0.3, -0.25) is 0 Å². The number of ether oxygens (including phenoxy) is 1. The van der Waals surface area contributed by atoms with Gasteiger partial charge in [0.1, 0.15) is 16.3 Å². The second-order valence-electron chi connectivity index (χ2n) is 7.92. The van der Waals surface area contributed by atoms with Crippen LogP contribution in [0.2, 0.25) is 0 Å². The van der Waals surface area contributed by atoms with Gasteiger partial charge in [-0.05, 0) is 56.9 Å². The van der Waals surface area contributed by atoms with E-state index in [-0.39, 0.29) is 17.1 Å². The summed E-state index contributed by atoms with van der Waals surface area (Å²) in [5, 5.41) is -0.119. The Morgan fingerprint density at radius 3 is 2.48 bits per heavy atom. The summed E-state index contributed by atoms with van der Waals surface area (Å²) in [4.78, 5) is 10.9. The average Bonchev–Trinajstić information content (AvgIpc) is 2.81. The SMILES string of the molecule is CCN(c1cccc(OC2CCCCC2)c1)c1ncc(C(F)(F)F)c(Sc2ccccc2)n1. The Balaban J connectivity index is 1.63. The standard InChI is InChI=1S/C25H26F3N3OS/c1-2-31(18-10-9-13-20(16-18)32-19-11-5-3-6-12-19)24-29-17-22(25(26,27)28)23(30-24)33-21-14-7-4-8-15-21/h4,7-10,13-17,19H,2-3,5-6,11-12H2,1H3. The van der Waals surface area contributed by atoms with Gasteiger partial charge in [-0.25, -0.2) is 9.97 Å². The van der Waals surface area contributed by atoms with E-state index >= 15 is 0 Å². The zero-order chi connectivity index (χ0) is 23.3. The fourth-order valence-electron chi connectivity index (χ4n) is 3.90. The maximum absolute atomic E-state index is 13.6. The first-order valence-electron chi connectivity index (χ1n) is 11.2. The van der Waals surface area contributed by atoms with Crippen LogP contribution in [-0.4, -0.2) is 22.6 Å². The van der Waals surface area contributed by atoms with Crippen molar-refractivity contribution in [1.29, 1.82) is 0 Å². The van der Waals surface area contributed by atoms with Crippen molar-refractivity contribution >= 4 is 23.4 Å². The van der Waals surface area contributed by atoms with E-state index in [1.54, 1.807) is 29.2 Å². The predicted molar refractivity (Wildman–Crippen MR) is 124 cm³/mol. The van der Waals surface area contributed by atoms with Crippen molar-refractivity contribution in [3.8, 4) is 5.75 Å². The highest BCUT2D eigenvalue weighted by Gasteiger charge is 2.36. The molecule has 0 radical (unpaired) electrons. The molecule has 0 N–H and O–H groups in total. The van der Waals surface area contributed by atoms with E-state index in [1.807, 2.05) is 37.3 Å². The Bertz CT molecular complexity index is 1060. The average molecular weight is 474 g/mol. The van der Waals surface area contributed by atoms with Crippen LogP contribution < -0.4 is 9.64 Å². The second-order valence-corrected chi connectivity index (χ2v) is 8.98. The number of halogens is 3. The molecule has 1 saturated carbocycles. The topological polar surface area (TPSA) is 38.2 Å². The van der Waals surface area contributed by atoms with Gasteiger partial charge in [0.15, 0.2) is 0 Å². The number of benzene rings is 2. The maximum Gasteiger partial charge on any atom is 0.420 e. The Hall–Kier alpha value is -2.74. The smallest absolute Gasteiger partial charge is 0.420 e. The van der Waals surface area contributed by atoms with Crippen LogP contribution in [0.3, 0.4) is 0 Å². The van der Waals surface area contributed by atoms with Crippen LogP contribution in [0.1, 0.15) is 44.6 Å². The highest BCUT2D eigenvalue weighted by Crippen LogP contribution is 2.39. The molecule has 3 aromatic rings. The lowest BCUT2D eigenvalue weighted by Gasteiger charge is -2.25. The molecule has 1 heterocycles. The molecule has 1 aromatic heterocycles. The summed E-state index contributed by atoms with van der Waals surface area (Å²) in [7, 11) is 0. The van der Waals surface area contributed by atoms with Gasteiger partial charge in [-0.2, -0.15) is 13.2 Å². The van der Waals surface area contributed by atoms with Gasteiger partial charge < -0.3 is 9.64 Å². The summed E-state index contributed by atoms with van der Waals surface area (Å²) >= 11 is 0.982. The number of anilines is 2. The van der Waals surface area contributed by atoms with E-state index in [9.17, 15) is 13.2 Å². The molecular formula is C25H26F3N3OS. The molecule has 174 valence electrons. The van der Waals surface area contributed by atoms with Crippen LogP contribution in [0.4, 0.5) is 24.8 Å². The lowest BCUT2D eigenvalue weighted by molar-refractivity contribution is -0.140. The normalized spacial score (nSPS) is 14.8. The summed E-state index contributed by atoms with van der Waals surface area (Å²) in [6.45, 7) is 2.41. The van der Waals surface area contributed by atoms with Gasteiger partial charge in [-0.1, -0.05) is 42.4 Å². The second kappa shape index (κ2) is 10.5. The van der Waals surface area contributed by atoms with Gasteiger partial charge in [0.2, 0.25) is 5.95 Å². The Labute approximate surface area is 196 Å². The summed E-state index contributed by atoms with van der Waals surface area (Å²) < 4.78 is 47.1. The van der Waals surface area contributed by atoms with Crippen LogP contribution in [0.5, 0.6) is 5.75 Å². The van der Waals surface area contributed by atoms with Gasteiger partial charge in [-0.15, -0.1) is 0 Å². The van der Waals surface area contributed by atoms with Crippen LogP contribution in [0.15, 0.2) is 70.7 Å². The van der Waals surface area contributed by atoms with E-state index in [0.29, 0.717) is 11.4 Å². The van der Waals surface area contributed by atoms with Gasteiger partial charge >= 0.3 is 6.18 Å². The van der Waals surface area contributed by atoms with E-state index in [1.165, 1.54) is 19.3 Å². The lowest BCUT2D eigenvalue weighted by Crippen LogP contribution is -2.21. The van der Waals surface area contributed by atoms with Crippen molar-refractivity contribution in [3.05, 3.63) is 66.4 Å². The van der Waals surface area contributed by atoms with Crippen molar-refractivity contribution in [2.24, 2.45) is 0 Å². The van der Waals surface area contributed by atoms with Crippen molar-refractivity contribution < 1.29 is 17.9 Å². The maximum atomic E-state index is 13.6. The number of hydrogen-bond donors (Lipinski definition) is 0. The summed E-state index contributed by atoms with van der Waals surface area (Å²) in [6, 6.07) is 16.5. The molecule has 0 saturated heterocycles. The first-order valence-corrected chi connectivity index (χ1v) is 12.0. The Kier molecular flexibility index (Phi) is 7.42. The summed E-state index contributed by atoms with van der Waals surface area (Å²) in [5.41, 5.74) is -0.0632. The molecule has 4 rings (SSSR count). The minimum atomic E-state index is -4.54. The fourth-order valence-corrected chi connectivity index (χ4v) is 4.82. The molecule has 1 fully saturated rings. The Morgan fingerprint density at radius 1 is 1.03 bits per heavy atom. The Morgan fingerprint density at radius 2 is 1.79 bits per heavy atom. The molecule has 1 aliphatic rings. The predicted octanol–water partition coefficient (Wildman–Crippen LogP) is 7.52. The van der Waals surface area contributed by atoms with Crippen LogP contribution >= 0.6 is 11.8 Å². The molecule has 33 heavy (non-hydrogen) atoms. The van der Waals surface area contributed by atoms with Crippen LogP contribution in [-0.2, 0) is 6.18 Å². The molecule has 0 spiro atoms. The summed E-state index contributed by atoms with van der Waals surface area (Å²) in [6.07, 6.45) is 2.23. The number of alkyl halides is 3. The van der Waals surface area contributed by atoms with E-state index < -0.39 is 11.7 Å². The largest absolute Gasteiger partial charge is 0.490 e. The van der Waals surface area contributed by atoms with Crippen molar-refractivity contribution in [2.45, 2.75) is 61.2 Å². The van der Waals surface area contributed by atoms with Crippen molar-refractivity contribution in [1.82, 2.24) is 9.97 Å². The molecule has 0 atom stereocenters. The fraction of sp³-hybridized carbons (Fsp3) is 0.360. The molecule has 4 nitrogen and oxygen atoms in total. The lowest BCUT2D eigenvalue weighted by atomic mass is 9.98. The van der Waals surface area contributed by atoms with Gasteiger partial charge in [0, 0.05) is 29.4 Å². The number of aromatic nitrogens is 2.